The molecule has 13 heavy (non-hydrogen) atoms. The summed E-state index contributed by atoms with van der Waals surface area (Å²) in [6.45, 7) is 9.17. The first-order valence-electron chi connectivity index (χ1n) is 5.03. The van der Waals surface area contributed by atoms with Crippen LogP contribution in [0.25, 0.3) is 0 Å². The van der Waals surface area contributed by atoms with Crippen molar-refractivity contribution in [2.45, 2.75) is 6.92 Å². The molecule has 1 rings (SSSR count). The van der Waals surface area contributed by atoms with Gasteiger partial charge in [0, 0.05) is 51.2 Å². The van der Waals surface area contributed by atoms with Gasteiger partial charge in [-0.3, -0.25) is 0 Å². The third-order valence-corrected chi connectivity index (χ3v) is 2.53. The molecule has 0 radical (unpaired) electrons. The molecule has 0 aromatic heterocycles. The number of rotatable bonds is 6. The summed E-state index contributed by atoms with van der Waals surface area (Å²) in [5, 5.41) is 3.36. The van der Waals surface area contributed by atoms with Crippen LogP contribution in [-0.4, -0.2) is 50.7 Å². The highest BCUT2D eigenvalue weighted by Crippen LogP contribution is 2.27. The van der Waals surface area contributed by atoms with Gasteiger partial charge in [0.25, 0.3) is 0 Å². The summed E-state index contributed by atoms with van der Waals surface area (Å²) in [6, 6.07) is 0. The summed E-state index contributed by atoms with van der Waals surface area (Å²) < 4.78 is 0. The number of likely N-dealkylation sites (tertiary alicyclic amines) is 1. The van der Waals surface area contributed by atoms with Crippen LogP contribution < -0.4 is 16.8 Å². The van der Waals surface area contributed by atoms with E-state index in [1.165, 1.54) is 13.1 Å². The van der Waals surface area contributed by atoms with E-state index in [1.54, 1.807) is 0 Å². The van der Waals surface area contributed by atoms with E-state index < -0.39 is 0 Å². The Balaban J connectivity index is 2.07. The Labute approximate surface area is 80.6 Å². The van der Waals surface area contributed by atoms with E-state index in [2.05, 4.69) is 17.1 Å². The van der Waals surface area contributed by atoms with E-state index >= 15 is 0 Å². The van der Waals surface area contributed by atoms with Crippen LogP contribution in [0.4, 0.5) is 0 Å². The van der Waals surface area contributed by atoms with Gasteiger partial charge in [-0.05, 0) is 0 Å². The van der Waals surface area contributed by atoms with Crippen LogP contribution in [0.2, 0.25) is 0 Å². The smallest absolute Gasteiger partial charge is 0.0105 e. The number of nitrogens with two attached hydrogens (primary N) is 2. The zero-order chi connectivity index (χ0) is 9.73. The highest BCUT2D eigenvalue weighted by atomic mass is 15.2. The van der Waals surface area contributed by atoms with Gasteiger partial charge < -0.3 is 21.7 Å². The minimum absolute atomic E-state index is 0.449. The zero-order valence-corrected chi connectivity index (χ0v) is 8.55. The third kappa shape index (κ3) is 3.23. The summed E-state index contributed by atoms with van der Waals surface area (Å²) >= 11 is 0. The maximum absolute atomic E-state index is 5.48. The van der Waals surface area contributed by atoms with Crippen molar-refractivity contribution in [3.63, 3.8) is 0 Å². The second-order valence-electron chi connectivity index (χ2n) is 4.28. The molecule has 1 fully saturated rings. The van der Waals surface area contributed by atoms with Gasteiger partial charge in [-0.2, -0.15) is 0 Å². The summed E-state index contributed by atoms with van der Waals surface area (Å²) in [6.07, 6.45) is 0. The van der Waals surface area contributed by atoms with E-state index in [0.29, 0.717) is 5.41 Å². The molecule has 0 bridgehead atoms. The van der Waals surface area contributed by atoms with E-state index in [0.717, 1.165) is 32.7 Å². The van der Waals surface area contributed by atoms with Gasteiger partial charge >= 0.3 is 0 Å². The number of hydrogen-bond donors (Lipinski definition) is 3. The molecule has 0 aromatic carbocycles. The van der Waals surface area contributed by atoms with Crippen LogP contribution in [0.3, 0.4) is 0 Å². The fraction of sp³-hybridized carbons (Fsp3) is 1.00. The van der Waals surface area contributed by atoms with Crippen molar-refractivity contribution in [2.24, 2.45) is 16.9 Å². The maximum atomic E-state index is 5.48. The third-order valence-electron chi connectivity index (χ3n) is 2.53. The van der Waals surface area contributed by atoms with Crippen molar-refractivity contribution in [1.82, 2.24) is 10.2 Å². The molecular weight excluding hydrogens is 164 g/mol. The molecule has 1 saturated heterocycles. The molecule has 0 unspecified atom stereocenters. The summed E-state index contributed by atoms with van der Waals surface area (Å²) in [7, 11) is 0. The molecule has 1 aliphatic rings. The molecule has 4 heteroatoms. The van der Waals surface area contributed by atoms with Gasteiger partial charge in [0.05, 0.1) is 0 Å². The Hall–Kier alpha value is -0.160. The average molecular weight is 186 g/mol. The Bertz CT molecular complexity index is 137. The quantitative estimate of drug-likeness (QED) is 0.457. The van der Waals surface area contributed by atoms with Crippen LogP contribution in [-0.2, 0) is 0 Å². The van der Waals surface area contributed by atoms with Crippen molar-refractivity contribution < 1.29 is 0 Å². The Morgan fingerprint density at radius 2 is 2.00 bits per heavy atom. The SMILES string of the molecule is CC1(CNCCN)CN(CCN)C1. The predicted octanol–water partition coefficient (Wildman–Crippen LogP) is -1.18. The molecule has 0 amide bonds. The van der Waals surface area contributed by atoms with Crippen molar-refractivity contribution in [2.75, 3.05) is 45.8 Å². The van der Waals surface area contributed by atoms with Crippen molar-refractivity contribution in [1.29, 1.82) is 0 Å². The number of hydrogen-bond acceptors (Lipinski definition) is 4. The van der Waals surface area contributed by atoms with Crippen LogP contribution in [0.5, 0.6) is 0 Å². The number of nitrogens with one attached hydrogen (secondary N) is 1. The van der Waals surface area contributed by atoms with Crippen LogP contribution in [0.1, 0.15) is 6.92 Å². The van der Waals surface area contributed by atoms with Gasteiger partial charge in [0.15, 0.2) is 0 Å². The lowest BCUT2D eigenvalue weighted by molar-refractivity contribution is 0.0194. The molecule has 1 heterocycles. The maximum Gasteiger partial charge on any atom is 0.0105 e. The lowest BCUT2D eigenvalue weighted by Gasteiger charge is -2.48. The first kappa shape index (κ1) is 10.9. The fourth-order valence-electron chi connectivity index (χ4n) is 1.98. The second kappa shape index (κ2) is 4.91. The number of nitrogens with zero attached hydrogens (tertiary/aromatic N) is 1. The first-order chi connectivity index (χ1) is 6.20. The van der Waals surface area contributed by atoms with Crippen molar-refractivity contribution >= 4 is 0 Å². The average Bonchev–Trinajstić information content (AvgIpc) is 2.03. The van der Waals surface area contributed by atoms with E-state index in [4.69, 9.17) is 11.5 Å². The lowest BCUT2D eigenvalue weighted by atomic mass is 9.82. The van der Waals surface area contributed by atoms with Gasteiger partial charge in [-0.25, -0.2) is 0 Å². The van der Waals surface area contributed by atoms with Gasteiger partial charge in [-0.15, -0.1) is 0 Å². The lowest BCUT2D eigenvalue weighted by Crippen LogP contribution is -2.59. The molecule has 4 nitrogen and oxygen atoms in total. The molecule has 5 N–H and O–H groups in total. The van der Waals surface area contributed by atoms with Crippen molar-refractivity contribution in [3.05, 3.63) is 0 Å². The molecule has 0 atom stereocenters. The Morgan fingerprint density at radius 3 is 2.54 bits per heavy atom. The predicted molar refractivity (Wildman–Crippen MR) is 55.5 cm³/mol. The molecule has 78 valence electrons. The zero-order valence-electron chi connectivity index (χ0n) is 8.55. The van der Waals surface area contributed by atoms with E-state index in [9.17, 15) is 0 Å². The minimum atomic E-state index is 0.449. The molecule has 1 aliphatic heterocycles. The molecule has 0 aromatic rings. The minimum Gasteiger partial charge on any atom is -0.329 e. The normalized spacial score (nSPS) is 21.5. The van der Waals surface area contributed by atoms with Gasteiger partial charge in [0.2, 0.25) is 0 Å². The summed E-state index contributed by atoms with van der Waals surface area (Å²) in [4.78, 5) is 2.39. The molecule has 0 spiro atoms. The highest BCUT2D eigenvalue weighted by molar-refractivity contribution is 4.92. The Morgan fingerprint density at radius 1 is 1.31 bits per heavy atom. The second-order valence-corrected chi connectivity index (χ2v) is 4.28. The van der Waals surface area contributed by atoms with Gasteiger partial charge in [0.1, 0.15) is 0 Å². The van der Waals surface area contributed by atoms with E-state index in [-0.39, 0.29) is 0 Å². The summed E-state index contributed by atoms with van der Waals surface area (Å²) in [5.74, 6) is 0. The summed E-state index contributed by atoms with van der Waals surface area (Å²) in [5.41, 5.74) is 11.3. The van der Waals surface area contributed by atoms with E-state index in [1.807, 2.05) is 0 Å². The monoisotopic (exact) mass is 186 g/mol. The highest BCUT2D eigenvalue weighted by Gasteiger charge is 2.37. The molecule has 0 aliphatic carbocycles. The van der Waals surface area contributed by atoms with Crippen molar-refractivity contribution in [3.8, 4) is 0 Å². The van der Waals surface area contributed by atoms with Crippen LogP contribution >= 0.6 is 0 Å². The molecule has 0 saturated carbocycles. The Kier molecular flexibility index (Phi) is 4.12. The molecular formula is C9H22N4. The van der Waals surface area contributed by atoms with Crippen LogP contribution in [0, 0.1) is 5.41 Å². The largest absolute Gasteiger partial charge is 0.329 e. The fourth-order valence-corrected chi connectivity index (χ4v) is 1.98. The van der Waals surface area contributed by atoms with Crippen LogP contribution in [0.15, 0.2) is 0 Å². The standard InChI is InChI=1S/C9H22N4/c1-9(6-12-4-2-10)7-13(8-9)5-3-11/h12H,2-8,10-11H2,1H3. The van der Waals surface area contributed by atoms with Gasteiger partial charge in [-0.1, -0.05) is 6.92 Å². The topological polar surface area (TPSA) is 67.3 Å². The first-order valence-corrected chi connectivity index (χ1v) is 5.03.